The lowest BCUT2D eigenvalue weighted by Crippen LogP contribution is -2.11. The molecule has 0 saturated carbocycles. The van der Waals surface area contributed by atoms with Crippen molar-refractivity contribution in [3.63, 3.8) is 0 Å². The third-order valence-corrected chi connectivity index (χ3v) is 4.49. The third kappa shape index (κ3) is 3.30. The Morgan fingerprint density at radius 2 is 1.68 bits per heavy atom. The van der Waals surface area contributed by atoms with Crippen molar-refractivity contribution < 1.29 is 12.6 Å². The Morgan fingerprint density at radius 3 is 2.32 bits per heavy atom. The number of rotatable bonds is 3. The lowest BCUT2D eigenvalue weighted by molar-refractivity contribution is 0.476. The molecule has 1 heterocycles. The van der Waals surface area contributed by atoms with Crippen LogP contribution in [0.2, 0.25) is 15.1 Å². The number of benzene rings is 1. The molecule has 0 N–H and O–H groups in total. The van der Waals surface area contributed by atoms with E-state index in [0.29, 0.717) is 0 Å². The van der Waals surface area contributed by atoms with Gasteiger partial charge in [0.2, 0.25) is 5.88 Å². The van der Waals surface area contributed by atoms with E-state index in [1.165, 1.54) is 18.3 Å². The summed E-state index contributed by atoms with van der Waals surface area (Å²) in [6, 6.07) is 6.99. The van der Waals surface area contributed by atoms with Gasteiger partial charge in [-0.3, -0.25) is 0 Å². The minimum atomic E-state index is -4.12. The molecule has 100 valence electrons. The van der Waals surface area contributed by atoms with Crippen molar-refractivity contribution in [1.29, 1.82) is 0 Å². The molecule has 8 heteroatoms. The van der Waals surface area contributed by atoms with Crippen molar-refractivity contribution in [2.45, 2.75) is 4.90 Å². The van der Waals surface area contributed by atoms with Crippen LogP contribution in [0.1, 0.15) is 0 Å². The first-order valence-corrected chi connectivity index (χ1v) is 7.44. The maximum atomic E-state index is 12.0. The summed E-state index contributed by atoms with van der Waals surface area (Å²) in [6.45, 7) is 0. The van der Waals surface area contributed by atoms with Crippen molar-refractivity contribution >= 4 is 44.9 Å². The van der Waals surface area contributed by atoms with Gasteiger partial charge >= 0.3 is 10.1 Å². The van der Waals surface area contributed by atoms with Gasteiger partial charge in [-0.15, -0.1) is 0 Å². The van der Waals surface area contributed by atoms with Crippen molar-refractivity contribution in [3.8, 4) is 5.88 Å². The molecule has 0 radical (unpaired) electrons. The van der Waals surface area contributed by atoms with Gasteiger partial charge < -0.3 is 4.18 Å². The minimum absolute atomic E-state index is 0.0641. The molecule has 0 aliphatic carbocycles. The zero-order chi connectivity index (χ0) is 14.0. The molecular weight excluding hydrogens is 333 g/mol. The molecule has 1 aromatic carbocycles. The first-order chi connectivity index (χ1) is 8.90. The normalized spacial score (nSPS) is 11.3. The van der Waals surface area contributed by atoms with Crippen LogP contribution < -0.4 is 4.18 Å². The van der Waals surface area contributed by atoms with Gasteiger partial charge in [-0.2, -0.15) is 8.42 Å². The Balaban J connectivity index is 2.43. The van der Waals surface area contributed by atoms with Gasteiger partial charge in [0.15, 0.2) is 0 Å². The van der Waals surface area contributed by atoms with Crippen LogP contribution in [0.4, 0.5) is 0 Å². The topological polar surface area (TPSA) is 56.3 Å². The summed E-state index contributed by atoms with van der Waals surface area (Å²) in [5, 5.41) is 0.142. The molecule has 0 spiro atoms. The molecule has 1 aromatic heterocycles. The molecule has 4 nitrogen and oxygen atoms in total. The highest BCUT2D eigenvalue weighted by Crippen LogP contribution is 2.32. The third-order valence-electron chi connectivity index (χ3n) is 2.08. The van der Waals surface area contributed by atoms with E-state index in [2.05, 4.69) is 4.98 Å². The molecule has 0 aliphatic heterocycles. The van der Waals surface area contributed by atoms with E-state index in [9.17, 15) is 8.42 Å². The van der Waals surface area contributed by atoms with Crippen molar-refractivity contribution in [3.05, 3.63) is 51.6 Å². The van der Waals surface area contributed by atoms with Gasteiger partial charge in [-0.1, -0.05) is 40.9 Å². The Bertz CT molecular complexity index is 705. The van der Waals surface area contributed by atoms with Crippen LogP contribution in [0.15, 0.2) is 41.4 Å². The average molecular weight is 339 g/mol. The second-order valence-electron chi connectivity index (χ2n) is 3.40. The summed E-state index contributed by atoms with van der Waals surface area (Å²) < 4.78 is 28.9. The Hall–Kier alpha value is -1.01. The van der Waals surface area contributed by atoms with Gasteiger partial charge in [0.1, 0.15) is 4.90 Å². The van der Waals surface area contributed by atoms with Gasteiger partial charge in [0.05, 0.1) is 15.1 Å². The zero-order valence-electron chi connectivity index (χ0n) is 9.18. The number of nitrogens with zero attached hydrogens (tertiary/aromatic N) is 1. The van der Waals surface area contributed by atoms with E-state index >= 15 is 0 Å². The largest absolute Gasteiger partial charge is 0.358 e. The summed E-state index contributed by atoms with van der Waals surface area (Å²) in [5.41, 5.74) is 0. The quantitative estimate of drug-likeness (QED) is 0.631. The summed E-state index contributed by atoms with van der Waals surface area (Å²) in [5.74, 6) is -0.0651. The monoisotopic (exact) mass is 337 g/mol. The van der Waals surface area contributed by atoms with Crippen LogP contribution >= 0.6 is 34.8 Å². The number of halogens is 3. The Kier molecular flexibility index (Phi) is 4.20. The lowest BCUT2D eigenvalue weighted by atomic mass is 10.4. The smallest absolute Gasteiger partial charge is 0.342 e. The van der Waals surface area contributed by atoms with Crippen LogP contribution in [0.3, 0.4) is 0 Å². The van der Waals surface area contributed by atoms with E-state index in [1.807, 2.05) is 0 Å². The SMILES string of the molecule is O=S(=O)(Oc1ccccn1)c1cc(Cl)c(Cl)cc1Cl. The summed E-state index contributed by atoms with van der Waals surface area (Å²) in [7, 11) is -4.12. The fourth-order valence-electron chi connectivity index (χ4n) is 1.25. The highest BCUT2D eigenvalue weighted by Gasteiger charge is 2.22. The summed E-state index contributed by atoms with van der Waals surface area (Å²) in [4.78, 5) is 3.49. The first-order valence-electron chi connectivity index (χ1n) is 4.90. The van der Waals surface area contributed by atoms with Crippen molar-refractivity contribution in [2.75, 3.05) is 0 Å². The molecule has 2 aromatic rings. The summed E-state index contributed by atoms with van der Waals surface area (Å²) in [6.07, 6.45) is 1.40. The minimum Gasteiger partial charge on any atom is -0.358 e. The maximum absolute atomic E-state index is 12.0. The maximum Gasteiger partial charge on any atom is 0.342 e. The van der Waals surface area contributed by atoms with Crippen LogP contribution in [0, 0.1) is 0 Å². The standard InChI is InChI=1S/C11H6Cl3NO3S/c12-7-5-9(14)10(6-8(7)13)19(16,17)18-11-3-1-2-4-15-11/h1-6H. The summed E-state index contributed by atoms with van der Waals surface area (Å²) >= 11 is 17.3. The van der Waals surface area contributed by atoms with Crippen LogP contribution in [-0.2, 0) is 10.1 Å². The fraction of sp³-hybridized carbons (Fsp3) is 0. The van der Waals surface area contributed by atoms with Crippen LogP contribution in [0.5, 0.6) is 5.88 Å². The molecule has 0 unspecified atom stereocenters. The second-order valence-corrected chi connectivity index (χ2v) is 6.14. The Morgan fingerprint density at radius 1 is 1.00 bits per heavy atom. The van der Waals surface area contributed by atoms with E-state index in [0.717, 1.165) is 6.07 Å². The fourth-order valence-corrected chi connectivity index (χ4v) is 3.12. The van der Waals surface area contributed by atoms with Crippen molar-refractivity contribution in [2.24, 2.45) is 0 Å². The van der Waals surface area contributed by atoms with E-state index in [-0.39, 0.29) is 25.8 Å². The number of hydrogen-bond acceptors (Lipinski definition) is 4. The highest BCUT2D eigenvalue weighted by molar-refractivity contribution is 7.87. The Labute approximate surface area is 125 Å². The molecule has 0 amide bonds. The number of aromatic nitrogens is 1. The average Bonchev–Trinajstić information content (AvgIpc) is 2.34. The van der Waals surface area contributed by atoms with Gasteiger partial charge in [0.25, 0.3) is 0 Å². The zero-order valence-corrected chi connectivity index (χ0v) is 12.3. The number of hydrogen-bond donors (Lipinski definition) is 0. The molecular formula is C11H6Cl3NO3S. The predicted molar refractivity (Wildman–Crippen MR) is 73.5 cm³/mol. The second kappa shape index (κ2) is 5.54. The predicted octanol–water partition coefficient (Wildman–Crippen LogP) is 3.81. The van der Waals surface area contributed by atoms with Crippen LogP contribution in [-0.4, -0.2) is 13.4 Å². The molecule has 0 atom stereocenters. The number of pyridine rings is 1. The van der Waals surface area contributed by atoms with Gasteiger partial charge in [0, 0.05) is 12.3 Å². The molecule has 0 bridgehead atoms. The van der Waals surface area contributed by atoms with E-state index < -0.39 is 10.1 Å². The van der Waals surface area contributed by atoms with E-state index in [1.54, 1.807) is 12.1 Å². The van der Waals surface area contributed by atoms with Gasteiger partial charge in [-0.05, 0) is 18.2 Å². The lowest BCUT2D eigenvalue weighted by Gasteiger charge is -2.08. The van der Waals surface area contributed by atoms with Gasteiger partial charge in [-0.25, -0.2) is 4.98 Å². The first kappa shape index (κ1) is 14.4. The molecule has 0 fully saturated rings. The van der Waals surface area contributed by atoms with Crippen LogP contribution in [0.25, 0.3) is 0 Å². The highest BCUT2D eigenvalue weighted by atomic mass is 35.5. The van der Waals surface area contributed by atoms with Crippen molar-refractivity contribution in [1.82, 2.24) is 4.98 Å². The molecule has 0 aliphatic rings. The molecule has 0 saturated heterocycles. The molecule has 19 heavy (non-hydrogen) atoms. The molecule has 2 rings (SSSR count). The van der Waals surface area contributed by atoms with E-state index in [4.69, 9.17) is 39.0 Å².